The summed E-state index contributed by atoms with van der Waals surface area (Å²) < 4.78 is 18.1. The monoisotopic (exact) mass is 386 g/mol. The lowest BCUT2D eigenvalue weighted by molar-refractivity contribution is -0.301. The van der Waals surface area contributed by atoms with E-state index in [1.165, 1.54) is 10.5 Å². The van der Waals surface area contributed by atoms with Crippen molar-refractivity contribution in [3.8, 4) is 0 Å². The van der Waals surface area contributed by atoms with Crippen LogP contribution in [0.5, 0.6) is 0 Å². The van der Waals surface area contributed by atoms with Crippen LogP contribution in [-0.2, 0) is 20.8 Å². The molecular formula is C23H30O3S. The smallest absolute Gasteiger partial charge is 0.163 e. The fourth-order valence-electron chi connectivity index (χ4n) is 3.38. The maximum Gasteiger partial charge on any atom is 0.163 e. The predicted molar refractivity (Wildman–Crippen MR) is 111 cm³/mol. The second kappa shape index (κ2) is 10.3. The van der Waals surface area contributed by atoms with E-state index in [0.717, 1.165) is 25.0 Å². The van der Waals surface area contributed by atoms with Gasteiger partial charge in [-0.25, -0.2) is 0 Å². The van der Waals surface area contributed by atoms with Crippen molar-refractivity contribution in [2.75, 3.05) is 12.4 Å². The van der Waals surface area contributed by atoms with Crippen LogP contribution in [0.1, 0.15) is 38.7 Å². The summed E-state index contributed by atoms with van der Waals surface area (Å²) in [5.41, 5.74) is 1.21. The van der Waals surface area contributed by atoms with Crippen LogP contribution in [0, 0.1) is 0 Å². The van der Waals surface area contributed by atoms with Gasteiger partial charge < -0.3 is 14.2 Å². The van der Waals surface area contributed by atoms with Crippen LogP contribution < -0.4 is 0 Å². The Labute approximate surface area is 167 Å². The maximum absolute atomic E-state index is 6.14. The van der Waals surface area contributed by atoms with Crippen molar-refractivity contribution in [3.05, 3.63) is 66.2 Å². The molecule has 0 N–H and O–H groups in total. The Morgan fingerprint density at radius 3 is 2.26 bits per heavy atom. The molecule has 0 amide bonds. The molecule has 1 heterocycles. The van der Waals surface area contributed by atoms with Crippen LogP contribution in [0.2, 0.25) is 0 Å². The molecule has 27 heavy (non-hydrogen) atoms. The molecule has 0 saturated carbocycles. The van der Waals surface area contributed by atoms with E-state index in [1.54, 1.807) is 0 Å². The Morgan fingerprint density at radius 1 is 0.926 bits per heavy atom. The highest BCUT2D eigenvalue weighted by atomic mass is 32.2. The Kier molecular flexibility index (Phi) is 7.77. The average molecular weight is 387 g/mol. The highest BCUT2D eigenvalue weighted by Crippen LogP contribution is 2.31. The maximum atomic E-state index is 6.14. The first-order chi connectivity index (χ1) is 13.1. The fourth-order valence-corrected chi connectivity index (χ4v) is 4.34. The Morgan fingerprint density at radius 2 is 1.56 bits per heavy atom. The van der Waals surface area contributed by atoms with E-state index in [2.05, 4.69) is 42.5 Å². The number of thioether (sulfide) groups is 1. The molecule has 1 fully saturated rings. The van der Waals surface area contributed by atoms with Gasteiger partial charge in [-0.2, -0.15) is 0 Å². The van der Waals surface area contributed by atoms with Gasteiger partial charge in [-0.15, -0.1) is 11.8 Å². The zero-order valence-corrected chi connectivity index (χ0v) is 17.1. The molecule has 0 radical (unpaired) electrons. The third-order valence-electron chi connectivity index (χ3n) is 4.57. The lowest BCUT2D eigenvalue weighted by atomic mass is 10.0. The quantitative estimate of drug-likeness (QED) is 0.409. The van der Waals surface area contributed by atoms with Gasteiger partial charge in [0.05, 0.1) is 18.8 Å². The summed E-state index contributed by atoms with van der Waals surface area (Å²) in [4.78, 5) is 1.31. The van der Waals surface area contributed by atoms with Crippen molar-refractivity contribution in [2.24, 2.45) is 0 Å². The van der Waals surface area contributed by atoms with Gasteiger partial charge >= 0.3 is 0 Å². The molecule has 2 aromatic carbocycles. The van der Waals surface area contributed by atoms with Crippen LogP contribution in [0.4, 0.5) is 0 Å². The lowest BCUT2D eigenvalue weighted by Gasteiger charge is -2.41. The molecule has 3 rings (SSSR count). The summed E-state index contributed by atoms with van der Waals surface area (Å²) in [5.74, 6) is 0.534. The van der Waals surface area contributed by atoms with Crippen molar-refractivity contribution >= 4 is 11.8 Å². The number of ether oxygens (including phenoxy) is 3. The minimum Gasteiger partial charge on any atom is -0.377 e. The topological polar surface area (TPSA) is 27.7 Å². The van der Waals surface area contributed by atoms with Crippen molar-refractivity contribution in [1.82, 2.24) is 0 Å². The number of hydrogen-bond acceptors (Lipinski definition) is 4. The third-order valence-corrected chi connectivity index (χ3v) is 5.62. The molecule has 2 atom stereocenters. The van der Waals surface area contributed by atoms with E-state index in [0.29, 0.717) is 13.2 Å². The Bertz CT molecular complexity index is 660. The zero-order chi connectivity index (χ0) is 19.0. The standard InChI is InChI=1S/C23H30O3S/c1-23(2)25-20(13-15-24-18-19-9-5-3-6-10-19)17-21(26-23)14-16-27-22-11-7-4-8-12-22/h3-12,20-21H,13-18H2,1-2H3/t20-,21+/m0/s1. The average Bonchev–Trinajstić information content (AvgIpc) is 2.66. The Hall–Kier alpha value is -1.33. The molecule has 3 nitrogen and oxygen atoms in total. The molecule has 2 aromatic rings. The minimum atomic E-state index is -0.523. The van der Waals surface area contributed by atoms with Crippen LogP contribution in [0.3, 0.4) is 0 Å². The summed E-state index contributed by atoms with van der Waals surface area (Å²) >= 11 is 1.89. The van der Waals surface area contributed by atoms with Gasteiger partial charge in [-0.05, 0) is 44.4 Å². The van der Waals surface area contributed by atoms with Gasteiger partial charge in [0.2, 0.25) is 0 Å². The molecule has 1 aliphatic rings. The van der Waals surface area contributed by atoms with E-state index >= 15 is 0 Å². The molecule has 146 valence electrons. The summed E-state index contributed by atoms with van der Waals surface area (Å²) in [5, 5.41) is 0. The fraction of sp³-hybridized carbons (Fsp3) is 0.478. The van der Waals surface area contributed by atoms with Crippen molar-refractivity contribution in [1.29, 1.82) is 0 Å². The van der Waals surface area contributed by atoms with Crippen LogP contribution >= 0.6 is 11.8 Å². The van der Waals surface area contributed by atoms with Crippen LogP contribution in [-0.4, -0.2) is 30.4 Å². The largest absolute Gasteiger partial charge is 0.377 e. The third kappa shape index (κ3) is 7.30. The van der Waals surface area contributed by atoms with Crippen molar-refractivity contribution in [2.45, 2.75) is 62.6 Å². The van der Waals surface area contributed by atoms with Gasteiger partial charge in [0.1, 0.15) is 0 Å². The molecule has 4 heteroatoms. The highest BCUT2D eigenvalue weighted by Gasteiger charge is 2.34. The molecule has 0 spiro atoms. The van der Waals surface area contributed by atoms with Gasteiger partial charge in [0, 0.05) is 23.7 Å². The molecule has 0 aliphatic carbocycles. The summed E-state index contributed by atoms with van der Waals surface area (Å²) in [6.45, 7) is 5.40. The first-order valence-electron chi connectivity index (χ1n) is 9.76. The summed E-state index contributed by atoms with van der Waals surface area (Å²) in [7, 11) is 0. The minimum absolute atomic E-state index is 0.191. The predicted octanol–water partition coefficient (Wildman–Crippen LogP) is 5.69. The summed E-state index contributed by atoms with van der Waals surface area (Å²) in [6.07, 6.45) is 3.31. The van der Waals surface area contributed by atoms with E-state index in [1.807, 2.05) is 43.8 Å². The Balaban J connectivity index is 1.39. The van der Waals surface area contributed by atoms with E-state index in [9.17, 15) is 0 Å². The first-order valence-corrected chi connectivity index (χ1v) is 10.7. The van der Waals surface area contributed by atoms with E-state index < -0.39 is 5.79 Å². The van der Waals surface area contributed by atoms with Crippen LogP contribution in [0.25, 0.3) is 0 Å². The molecule has 1 aliphatic heterocycles. The molecular weight excluding hydrogens is 356 g/mol. The number of rotatable bonds is 9. The van der Waals surface area contributed by atoms with E-state index in [4.69, 9.17) is 14.2 Å². The van der Waals surface area contributed by atoms with E-state index in [-0.39, 0.29) is 12.2 Å². The van der Waals surface area contributed by atoms with Crippen LogP contribution in [0.15, 0.2) is 65.6 Å². The lowest BCUT2D eigenvalue weighted by Crippen LogP contribution is -2.45. The van der Waals surface area contributed by atoms with Gasteiger partial charge in [0.25, 0.3) is 0 Å². The number of hydrogen-bond donors (Lipinski definition) is 0. The van der Waals surface area contributed by atoms with Crippen molar-refractivity contribution in [3.63, 3.8) is 0 Å². The SMILES string of the molecule is CC1(C)O[C@H](CCSc2ccccc2)C[C@H](CCOCc2ccccc2)O1. The van der Waals surface area contributed by atoms with Gasteiger partial charge in [0.15, 0.2) is 5.79 Å². The summed E-state index contributed by atoms with van der Waals surface area (Å²) in [6, 6.07) is 20.8. The molecule has 1 saturated heterocycles. The second-order valence-electron chi connectivity index (χ2n) is 7.39. The normalized spacial score (nSPS) is 21.9. The second-order valence-corrected chi connectivity index (χ2v) is 8.56. The molecule has 0 bridgehead atoms. The molecule has 0 unspecified atom stereocenters. The van der Waals surface area contributed by atoms with Gasteiger partial charge in [-0.1, -0.05) is 48.5 Å². The highest BCUT2D eigenvalue weighted by molar-refractivity contribution is 7.99. The van der Waals surface area contributed by atoms with Gasteiger partial charge in [-0.3, -0.25) is 0 Å². The zero-order valence-electron chi connectivity index (χ0n) is 16.3. The molecule has 0 aromatic heterocycles. The number of benzene rings is 2. The first kappa shape index (κ1) is 20.4. The van der Waals surface area contributed by atoms with Crippen molar-refractivity contribution < 1.29 is 14.2 Å².